The molecule has 0 aliphatic rings. The molecule has 2 heterocycles. The van der Waals surface area contributed by atoms with Gasteiger partial charge in [-0.1, -0.05) is 23.9 Å². The normalized spacial score (nSPS) is 11.4. The number of nitrogens with one attached hydrogen (secondary N) is 1. The lowest BCUT2D eigenvalue weighted by atomic mass is 10.2. The van der Waals surface area contributed by atoms with Crippen LogP contribution in [0.15, 0.2) is 35.5 Å². The Morgan fingerprint density at radius 3 is 2.41 bits per heavy atom. The highest BCUT2D eigenvalue weighted by Crippen LogP contribution is 2.26. The summed E-state index contributed by atoms with van der Waals surface area (Å²) in [6.07, 6.45) is -4.03. The van der Waals surface area contributed by atoms with Crippen LogP contribution in [0.25, 0.3) is 5.69 Å². The van der Waals surface area contributed by atoms with E-state index in [9.17, 15) is 18.0 Å². The number of carbonyl (C=O) groups is 1. The molecule has 0 bridgehead atoms. The van der Waals surface area contributed by atoms with E-state index in [1.165, 1.54) is 40.7 Å². The number of aryl methyl sites for hydroxylation is 2. The molecule has 3 rings (SSSR count). The third-order valence-corrected chi connectivity index (χ3v) is 4.99. The average molecular weight is 466 g/mol. The number of carbonyl (C=O) groups excluding carboxylic acids is 1. The van der Waals surface area contributed by atoms with E-state index < -0.39 is 6.36 Å². The number of hydrogen-bond acceptors (Lipinski definition) is 7. The van der Waals surface area contributed by atoms with Gasteiger partial charge in [-0.2, -0.15) is 0 Å². The highest BCUT2D eigenvalue weighted by atomic mass is 32.2. The highest BCUT2D eigenvalue weighted by Gasteiger charge is 2.31. The molecule has 2 aromatic heterocycles. The van der Waals surface area contributed by atoms with Gasteiger partial charge >= 0.3 is 6.36 Å². The van der Waals surface area contributed by atoms with Crippen molar-refractivity contribution < 1.29 is 22.7 Å². The van der Waals surface area contributed by atoms with Crippen LogP contribution in [0.1, 0.15) is 40.9 Å². The van der Waals surface area contributed by atoms with Gasteiger partial charge in [0, 0.05) is 23.7 Å². The molecule has 1 amide bonds. The number of halogens is 3. The van der Waals surface area contributed by atoms with E-state index in [4.69, 9.17) is 0 Å². The summed E-state index contributed by atoms with van der Waals surface area (Å²) in [6.45, 7) is 6.12. The van der Waals surface area contributed by atoms with Gasteiger partial charge in [0.15, 0.2) is 10.9 Å². The van der Waals surface area contributed by atoms with Crippen molar-refractivity contribution >= 4 is 17.7 Å². The summed E-state index contributed by atoms with van der Waals surface area (Å²) in [7, 11) is 0. The van der Waals surface area contributed by atoms with Gasteiger partial charge in [0.2, 0.25) is 0 Å². The van der Waals surface area contributed by atoms with E-state index in [2.05, 4.69) is 30.3 Å². The van der Waals surface area contributed by atoms with Gasteiger partial charge in [0.05, 0.1) is 11.4 Å². The van der Waals surface area contributed by atoms with Crippen molar-refractivity contribution in [2.45, 2.75) is 44.5 Å². The molecule has 3 aromatic rings. The predicted molar refractivity (Wildman–Crippen MR) is 112 cm³/mol. The Labute approximate surface area is 186 Å². The van der Waals surface area contributed by atoms with Gasteiger partial charge in [-0.3, -0.25) is 4.79 Å². The quantitative estimate of drug-likeness (QED) is 0.396. The summed E-state index contributed by atoms with van der Waals surface area (Å²) in [5, 5.41) is 11.4. The molecule has 0 fully saturated rings. The minimum atomic E-state index is -4.78. The number of ether oxygens (including phenoxy) is 1. The second-order valence-corrected chi connectivity index (χ2v) is 7.76. The highest BCUT2D eigenvalue weighted by molar-refractivity contribution is 7.98. The molecule has 0 saturated carbocycles. The number of aromatic nitrogens is 5. The molecular formula is C20H21F3N6O2S. The number of rotatable bonds is 8. The Morgan fingerprint density at radius 1 is 1.16 bits per heavy atom. The van der Waals surface area contributed by atoms with E-state index in [1.807, 2.05) is 26.8 Å². The summed E-state index contributed by atoms with van der Waals surface area (Å²) < 4.78 is 42.6. The second kappa shape index (κ2) is 9.98. The molecule has 12 heteroatoms. The predicted octanol–water partition coefficient (Wildman–Crippen LogP) is 4.00. The van der Waals surface area contributed by atoms with Gasteiger partial charge < -0.3 is 10.1 Å². The maximum atomic E-state index is 12.6. The van der Waals surface area contributed by atoms with E-state index in [1.54, 1.807) is 0 Å². The topological polar surface area (TPSA) is 94.8 Å². The first-order valence-electron chi connectivity index (χ1n) is 9.70. The molecule has 0 aliphatic heterocycles. The van der Waals surface area contributed by atoms with Crippen LogP contribution in [-0.2, 0) is 5.75 Å². The van der Waals surface area contributed by atoms with E-state index >= 15 is 0 Å². The number of thioether (sulfide) groups is 1. The summed E-state index contributed by atoms with van der Waals surface area (Å²) in [5.74, 6) is -0.472. The van der Waals surface area contributed by atoms with Crippen molar-refractivity contribution in [3.63, 3.8) is 0 Å². The van der Waals surface area contributed by atoms with Crippen molar-refractivity contribution in [3.8, 4) is 11.4 Å². The van der Waals surface area contributed by atoms with Gasteiger partial charge in [-0.15, -0.1) is 18.3 Å². The van der Waals surface area contributed by atoms with Crippen molar-refractivity contribution in [2.24, 2.45) is 0 Å². The third-order valence-electron chi connectivity index (χ3n) is 4.13. The zero-order valence-corrected chi connectivity index (χ0v) is 18.4. The molecule has 0 spiro atoms. The van der Waals surface area contributed by atoms with Crippen LogP contribution < -0.4 is 10.1 Å². The zero-order chi connectivity index (χ0) is 23.3. The number of amides is 1. The van der Waals surface area contributed by atoms with Crippen LogP contribution >= 0.6 is 11.8 Å². The monoisotopic (exact) mass is 466 g/mol. The molecule has 32 heavy (non-hydrogen) atoms. The minimum Gasteiger partial charge on any atom is -0.406 e. The summed E-state index contributed by atoms with van der Waals surface area (Å²) >= 11 is 1.31. The van der Waals surface area contributed by atoms with Crippen LogP contribution in [0.3, 0.4) is 0 Å². The SMILES string of the molecule is CCCNC(=O)c1nnn(-c2ccc(OC(F)(F)F)cc2)c1CSc1nc(C)cc(C)n1. The number of nitrogens with zero attached hydrogens (tertiary/aromatic N) is 5. The van der Waals surface area contributed by atoms with Gasteiger partial charge in [-0.25, -0.2) is 14.6 Å². The molecule has 0 radical (unpaired) electrons. The Balaban J connectivity index is 1.91. The van der Waals surface area contributed by atoms with Crippen LogP contribution in [0.5, 0.6) is 5.75 Å². The largest absolute Gasteiger partial charge is 0.573 e. The van der Waals surface area contributed by atoms with Crippen LogP contribution in [-0.4, -0.2) is 43.8 Å². The van der Waals surface area contributed by atoms with Crippen molar-refractivity contribution in [3.05, 3.63) is 53.1 Å². The molecule has 0 aliphatic carbocycles. The molecule has 1 aromatic carbocycles. The standard InChI is InChI=1S/C20H21F3N6O2S/c1-4-9-24-18(30)17-16(11-32-19-25-12(2)10-13(3)26-19)29(28-27-17)14-5-7-15(8-6-14)31-20(21,22)23/h5-8,10H,4,9,11H2,1-3H3,(H,24,30). The van der Waals surface area contributed by atoms with Gasteiger partial charge in [-0.05, 0) is 50.6 Å². The summed E-state index contributed by atoms with van der Waals surface area (Å²) in [6, 6.07) is 7.01. The summed E-state index contributed by atoms with van der Waals surface area (Å²) in [4.78, 5) is 21.4. The second-order valence-electron chi connectivity index (χ2n) is 6.82. The minimum absolute atomic E-state index is 0.131. The lowest BCUT2D eigenvalue weighted by Crippen LogP contribution is -2.25. The number of alkyl halides is 3. The first-order chi connectivity index (χ1) is 15.2. The van der Waals surface area contributed by atoms with E-state index in [0.717, 1.165) is 17.8 Å². The Hall–Kier alpha value is -3.15. The fourth-order valence-electron chi connectivity index (χ4n) is 2.82. The summed E-state index contributed by atoms with van der Waals surface area (Å²) in [5.41, 5.74) is 2.65. The molecule has 1 N–H and O–H groups in total. The van der Waals surface area contributed by atoms with Gasteiger partial charge in [0.1, 0.15) is 5.75 Å². The van der Waals surface area contributed by atoms with E-state index in [-0.39, 0.29) is 23.1 Å². The molecular weight excluding hydrogens is 445 g/mol. The fourth-order valence-corrected chi connectivity index (χ4v) is 3.76. The van der Waals surface area contributed by atoms with E-state index in [0.29, 0.717) is 23.1 Å². The molecule has 8 nitrogen and oxygen atoms in total. The van der Waals surface area contributed by atoms with Crippen molar-refractivity contribution in [2.75, 3.05) is 6.54 Å². The lowest BCUT2D eigenvalue weighted by Gasteiger charge is -2.11. The molecule has 0 unspecified atom stereocenters. The van der Waals surface area contributed by atoms with Crippen molar-refractivity contribution in [1.82, 2.24) is 30.3 Å². The van der Waals surface area contributed by atoms with Crippen LogP contribution in [0, 0.1) is 13.8 Å². The van der Waals surface area contributed by atoms with Gasteiger partial charge in [0.25, 0.3) is 5.91 Å². The zero-order valence-electron chi connectivity index (χ0n) is 17.6. The Morgan fingerprint density at radius 2 is 1.81 bits per heavy atom. The molecule has 0 saturated heterocycles. The smallest absolute Gasteiger partial charge is 0.406 e. The maximum absolute atomic E-state index is 12.6. The Bertz CT molecular complexity index is 1070. The number of benzene rings is 1. The molecule has 170 valence electrons. The fraction of sp³-hybridized carbons (Fsp3) is 0.350. The Kier molecular flexibility index (Phi) is 7.33. The average Bonchev–Trinajstić information content (AvgIpc) is 3.13. The van der Waals surface area contributed by atoms with Crippen LogP contribution in [0.4, 0.5) is 13.2 Å². The number of hydrogen-bond donors (Lipinski definition) is 1. The molecule has 0 atom stereocenters. The first-order valence-corrected chi connectivity index (χ1v) is 10.7. The first kappa shape index (κ1) is 23.5. The lowest BCUT2D eigenvalue weighted by molar-refractivity contribution is -0.274. The third kappa shape index (κ3) is 6.19. The van der Waals surface area contributed by atoms with Crippen LogP contribution in [0.2, 0.25) is 0 Å². The maximum Gasteiger partial charge on any atom is 0.573 e. The van der Waals surface area contributed by atoms with Crippen molar-refractivity contribution in [1.29, 1.82) is 0 Å².